The summed E-state index contributed by atoms with van der Waals surface area (Å²) in [5.41, 5.74) is 1.15. The molecule has 1 aromatic carbocycles. The van der Waals surface area contributed by atoms with E-state index in [1.165, 1.54) is 0 Å². The Morgan fingerprint density at radius 1 is 1.24 bits per heavy atom. The molecule has 0 amide bonds. The van der Waals surface area contributed by atoms with Crippen molar-refractivity contribution in [2.75, 3.05) is 32.7 Å². The zero-order valence-electron chi connectivity index (χ0n) is 12.6. The third kappa shape index (κ3) is 4.76. The summed E-state index contributed by atoms with van der Waals surface area (Å²) in [7, 11) is 0. The number of nitro benzene ring substituents is 1. The van der Waals surface area contributed by atoms with E-state index in [1.807, 2.05) is 6.07 Å². The molecule has 0 aromatic heterocycles. The molecule has 116 valence electrons. The lowest BCUT2D eigenvalue weighted by molar-refractivity contribution is -0.385. The van der Waals surface area contributed by atoms with Crippen molar-refractivity contribution in [1.82, 2.24) is 9.80 Å². The molecule has 0 radical (unpaired) electrons. The first-order valence-electron chi connectivity index (χ1n) is 7.33. The van der Waals surface area contributed by atoms with Crippen LogP contribution in [0.5, 0.6) is 0 Å². The van der Waals surface area contributed by atoms with Crippen LogP contribution in [0, 0.1) is 16.0 Å². The highest BCUT2D eigenvalue weighted by atomic mass is 79.9. The molecule has 21 heavy (non-hydrogen) atoms. The number of hydrogen-bond acceptors (Lipinski definition) is 4. The molecular formula is C15H22BrN3O2. The Bertz CT molecular complexity index is 500. The summed E-state index contributed by atoms with van der Waals surface area (Å²) in [6.45, 7) is 10.6. The van der Waals surface area contributed by atoms with Gasteiger partial charge in [0.2, 0.25) is 0 Å². The Balaban J connectivity index is 1.92. The topological polar surface area (TPSA) is 49.6 Å². The molecule has 0 atom stereocenters. The van der Waals surface area contributed by atoms with Crippen LogP contribution in [0.1, 0.15) is 19.4 Å². The zero-order chi connectivity index (χ0) is 15.4. The molecule has 1 aliphatic rings. The van der Waals surface area contributed by atoms with Crippen molar-refractivity contribution in [1.29, 1.82) is 0 Å². The van der Waals surface area contributed by atoms with Crippen LogP contribution in [-0.2, 0) is 6.54 Å². The molecule has 1 aliphatic heterocycles. The predicted molar refractivity (Wildman–Crippen MR) is 87.4 cm³/mol. The molecule has 1 fully saturated rings. The third-order valence-corrected chi connectivity index (χ3v) is 4.37. The fraction of sp³-hybridized carbons (Fsp3) is 0.600. The van der Waals surface area contributed by atoms with Gasteiger partial charge in [0.15, 0.2) is 0 Å². The Hall–Kier alpha value is -0.980. The van der Waals surface area contributed by atoms with Gasteiger partial charge in [0.1, 0.15) is 0 Å². The van der Waals surface area contributed by atoms with Crippen molar-refractivity contribution in [2.45, 2.75) is 20.4 Å². The van der Waals surface area contributed by atoms with Gasteiger partial charge in [0, 0.05) is 45.3 Å². The smallest absolute Gasteiger partial charge is 0.283 e. The van der Waals surface area contributed by atoms with Gasteiger partial charge in [0.05, 0.1) is 9.40 Å². The normalized spacial score (nSPS) is 17.3. The molecule has 1 saturated heterocycles. The predicted octanol–water partition coefficient (Wildman–Crippen LogP) is 3.13. The molecule has 0 bridgehead atoms. The highest BCUT2D eigenvalue weighted by Gasteiger charge is 2.19. The van der Waals surface area contributed by atoms with Crippen LogP contribution < -0.4 is 0 Å². The molecular weight excluding hydrogens is 334 g/mol. The zero-order valence-corrected chi connectivity index (χ0v) is 14.2. The van der Waals surface area contributed by atoms with E-state index < -0.39 is 0 Å². The third-order valence-electron chi connectivity index (χ3n) is 3.70. The molecule has 0 aliphatic carbocycles. The van der Waals surface area contributed by atoms with Crippen molar-refractivity contribution in [3.8, 4) is 0 Å². The highest BCUT2D eigenvalue weighted by molar-refractivity contribution is 9.10. The largest absolute Gasteiger partial charge is 0.301 e. The lowest BCUT2D eigenvalue weighted by Crippen LogP contribution is -2.46. The van der Waals surface area contributed by atoms with Gasteiger partial charge in [-0.05, 0) is 33.5 Å². The van der Waals surface area contributed by atoms with Crippen molar-refractivity contribution < 1.29 is 4.92 Å². The van der Waals surface area contributed by atoms with Gasteiger partial charge < -0.3 is 4.90 Å². The standard InChI is InChI=1S/C15H22BrN3O2/c1-12(2)10-17-5-7-18(8-6-17)11-13-3-4-14(16)15(9-13)19(20)21/h3-4,9,12H,5-8,10-11H2,1-2H3. The van der Waals surface area contributed by atoms with Gasteiger partial charge in [-0.15, -0.1) is 0 Å². The maximum Gasteiger partial charge on any atom is 0.283 e. The lowest BCUT2D eigenvalue weighted by Gasteiger charge is -2.35. The van der Waals surface area contributed by atoms with Crippen molar-refractivity contribution in [3.05, 3.63) is 38.3 Å². The number of benzene rings is 1. The molecule has 0 spiro atoms. The number of rotatable bonds is 5. The van der Waals surface area contributed by atoms with E-state index in [9.17, 15) is 10.1 Å². The summed E-state index contributed by atoms with van der Waals surface area (Å²) in [5.74, 6) is 0.700. The van der Waals surface area contributed by atoms with Crippen LogP contribution in [0.2, 0.25) is 0 Å². The van der Waals surface area contributed by atoms with Gasteiger partial charge in [-0.3, -0.25) is 15.0 Å². The minimum absolute atomic E-state index is 0.144. The van der Waals surface area contributed by atoms with E-state index in [0.717, 1.165) is 44.8 Å². The van der Waals surface area contributed by atoms with Crippen LogP contribution in [-0.4, -0.2) is 47.4 Å². The molecule has 2 rings (SSSR count). The minimum atomic E-state index is -0.339. The number of nitrogens with zero attached hydrogens (tertiary/aromatic N) is 3. The summed E-state index contributed by atoms with van der Waals surface area (Å²) in [6, 6.07) is 5.39. The maximum absolute atomic E-state index is 11.0. The van der Waals surface area contributed by atoms with Gasteiger partial charge in [-0.1, -0.05) is 19.9 Å². The van der Waals surface area contributed by atoms with Gasteiger partial charge in [0.25, 0.3) is 5.69 Å². The Morgan fingerprint density at radius 2 is 1.86 bits per heavy atom. The lowest BCUT2D eigenvalue weighted by atomic mass is 10.1. The van der Waals surface area contributed by atoms with E-state index >= 15 is 0 Å². The van der Waals surface area contributed by atoms with Crippen molar-refractivity contribution in [2.24, 2.45) is 5.92 Å². The summed E-state index contributed by atoms with van der Waals surface area (Å²) in [6.07, 6.45) is 0. The molecule has 0 N–H and O–H groups in total. The first kappa shape index (κ1) is 16.4. The molecule has 0 saturated carbocycles. The second kappa shape index (κ2) is 7.33. The number of halogens is 1. The number of piperazine rings is 1. The van der Waals surface area contributed by atoms with E-state index in [1.54, 1.807) is 12.1 Å². The quantitative estimate of drug-likeness (QED) is 0.601. The minimum Gasteiger partial charge on any atom is -0.301 e. The van der Waals surface area contributed by atoms with Crippen LogP contribution in [0.15, 0.2) is 22.7 Å². The molecule has 0 unspecified atom stereocenters. The van der Waals surface area contributed by atoms with Crippen LogP contribution in [0.3, 0.4) is 0 Å². The summed E-state index contributed by atoms with van der Waals surface area (Å²) >= 11 is 3.22. The summed E-state index contributed by atoms with van der Waals surface area (Å²) < 4.78 is 0.540. The highest BCUT2D eigenvalue weighted by Crippen LogP contribution is 2.26. The van der Waals surface area contributed by atoms with Crippen LogP contribution >= 0.6 is 15.9 Å². The average Bonchev–Trinajstić information content (AvgIpc) is 2.42. The van der Waals surface area contributed by atoms with Crippen molar-refractivity contribution in [3.63, 3.8) is 0 Å². The average molecular weight is 356 g/mol. The Kier molecular flexibility index (Phi) is 5.72. The van der Waals surface area contributed by atoms with Crippen LogP contribution in [0.4, 0.5) is 5.69 Å². The van der Waals surface area contributed by atoms with Crippen LogP contribution in [0.25, 0.3) is 0 Å². The van der Waals surface area contributed by atoms with E-state index in [4.69, 9.17) is 0 Å². The molecule has 1 heterocycles. The maximum atomic E-state index is 11.0. The van der Waals surface area contributed by atoms with Gasteiger partial charge in [-0.25, -0.2) is 0 Å². The monoisotopic (exact) mass is 355 g/mol. The SMILES string of the molecule is CC(C)CN1CCN(Cc2ccc(Br)c([N+](=O)[O-])c2)CC1. The van der Waals surface area contributed by atoms with Gasteiger partial charge >= 0.3 is 0 Å². The summed E-state index contributed by atoms with van der Waals surface area (Å²) in [4.78, 5) is 15.5. The molecule has 6 heteroatoms. The fourth-order valence-corrected chi connectivity index (χ4v) is 3.09. The van der Waals surface area contributed by atoms with E-state index in [2.05, 4.69) is 39.6 Å². The Morgan fingerprint density at radius 3 is 2.43 bits per heavy atom. The number of hydrogen-bond donors (Lipinski definition) is 0. The Labute approximate surface area is 134 Å². The summed E-state index contributed by atoms with van der Waals surface area (Å²) in [5, 5.41) is 11.0. The first-order valence-corrected chi connectivity index (χ1v) is 8.12. The van der Waals surface area contributed by atoms with Gasteiger partial charge in [-0.2, -0.15) is 0 Å². The fourth-order valence-electron chi connectivity index (χ4n) is 2.70. The first-order chi connectivity index (χ1) is 9.95. The molecule has 1 aromatic rings. The van der Waals surface area contributed by atoms with E-state index in [0.29, 0.717) is 10.4 Å². The van der Waals surface area contributed by atoms with Crippen molar-refractivity contribution >= 4 is 21.6 Å². The number of nitro groups is 1. The second-order valence-electron chi connectivity index (χ2n) is 6.01. The van der Waals surface area contributed by atoms with E-state index in [-0.39, 0.29) is 10.6 Å². The second-order valence-corrected chi connectivity index (χ2v) is 6.87. The molecule has 5 nitrogen and oxygen atoms in total.